The summed E-state index contributed by atoms with van der Waals surface area (Å²) >= 11 is 1.91. The second-order valence-corrected chi connectivity index (χ2v) is 5.34. The molecule has 1 rings (SSSR count). The van der Waals surface area contributed by atoms with Crippen LogP contribution < -0.4 is 5.32 Å². The molecule has 0 aliphatic rings. The molecule has 1 atom stereocenters. The van der Waals surface area contributed by atoms with E-state index in [0.717, 1.165) is 0 Å². The van der Waals surface area contributed by atoms with Gasteiger partial charge < -0.3 is 15.3 Å². The number of carboxylic acids is 1. The summed E-state index contributed by atoms with van der Waals surface area (Å²) in [5, 5.41) is 11.4. The highest BCUT2D eigenvalue weighted by atomic mass is 127. The highest BCUT2D eigenvalue weighted by Gasteiger charge is 2.17. The molecule has 5 nitrogen and oxygen atoms in total. The molecule has 0 aliphatic carbocycles. The van der Waals surface area contributed by atoms with Crippen LogP contribution in [0.15, 0.2) is 18.2 Å². The van der Waals surface area contributed by atoms with Gasteiger partial charge in [-0.1, -0.05) is 6.92 Å². The SMILES string of the molecule is CC(CN(C)C(=O)Nc1ccc(F)cc1I)C(=O)O. The minimum atomic E-state index is -0.962. The maximum absolute atomic E-state index is 12.9. The van der Waals surface area contributed by atoms with Crippen LogP contribution in [0.25, 0.3) is 0 Å². The van der Waals surface area contributed by atoms with Crippen LogP contribution in [0.1, 0.15) is 6.92 Å². The first-order valence-corrected chi connectivity index (χ1v) is 6.59. The number of nitrogens with zero attached hydrogens (tertiary/aromatic N) is 1. The highest BCUT2D eigenvalue weighted by molar-refractivity contribution is 14.1. The Morgan fingerprint density at radius 2 is 2.16 bits per heavy atom. The molecule has 0 radical (unpaired) electrons. The van der Waals surface area contributed by atoms with Gasteiger partial charge >= 0.3 is 12.0 Å². The van der Waals surface area contributed by atoms with Crippen LogP contribution in [-0.2, 0) is 4.79 Å². The summed E-state index contributed by atoms with van der Waals surface area (Å²) in [6.45, 7) is 1.62. The average molecular weight is 380 g/mol. The number of urea groups is 1. The molecular formula is C12H14FIN2O3. The highest BCUT2D eigenvalue weighted by Crippen LogP contribution is 2.19. The van der Waals surface area contributed by atoms with E-state index in [0.29, 0.717) is 9.26 Å². The number of hydrogen-bond acceptors (Lipinski definition) is 2. The predicted octanol–water partition coefficient (Wildman–Crippen LogP) is 2.61. The summed E-state index contributed by atoms with van der Waals surface area (Å²) in [4.78, 5) is 23.8. The number of benzene rings is 1. The van der Waals surface area contributed by atoms with Gasteiger partial charge in [-0.05, 0) is 40.8 Å². The number of carbonyl (C=O) groups excluding carboxylic acids is 1. The third kappa shape index (κ3) is 4.66. The number of anilines is 1. The van der Waals surface area contributed by atoms with Crippen molar-refractivity contribution in [1.82, 2.24) is 4.90 Å². The summed E-state index contributed by atoms with van der Waals surface area (Å²) in [5.74, 6) is -1.99. The molecule has 0 aliphatic heterocycles. The van der Waals surface area contributed by atoms with Crippen molar-refractivity contribution in [3.63, 3.8) is 0 Å². The van der Waals surface area contributed by atoms with E-state index in [4.69, 9.17) is 5.11 Å². The minimum Gasteiger partial charge on any atom is -0.481 e. The van der Waals surface area contributed by atoms with E-state index in [1.807, 2.05) is 22.6 Å². The molecule has 2 N–H and O–H groups in total. The third-order valence-corrected chi connectivity index (χ3v) is 3.38. The van der Waals surface area contributed by atoms with E-state index in [-0.39, 0.29) is 12.4 Å². The zero-order valence-electron chi connectivity index (χ0n) is 10.5. The molecule has 104 valence electrons. The lowest BCUT2D eigenvalue weighted by Gasteiger charge is -2.20. The topological polar surface area (TPSA) is 69.6 Å². The van der Waals surface area contributed by atoms with Crippen molar-refractivity contribution >= 4 is 40.3 Å². The molecule has 1 aromatic carbocycles. The molecule has 7 heteroatoms. The van der Waals surface area contributed by atoms with Crippen LogP contribution in [0, 0.1) is 15.3 Å². The number of aliphatic carboxylic acids is 1. The fourth-order valence-corrected chi connectivity index (χ4v) is 1.99. The predicted molar refractivity (Wildman–Crippen MR) is 77.6 cm³/mol. The van der Waals surface area contributed by atoms with E-state index >= 15 is 0 Å². The first kappa shape index (κ1) is 15.7. The second kappa shape index (κ2) is 6.69. The Morgan fingerprint density at radius 1 is 1.53 bits per heavy atom. The molecule has 0 aromatic heterocycles. The number of carbonyl (C=O) groups is 2. The van der Waals surface area contributed by atoms with Gasteiger partial charge in [0, 0.05) is 17.2 Å². The number of rotatable bonds is 4. The Morgan fingerprint density at radius 3 is 2.68 bits per heavy atom. The minimum absolute atomic E-state index is 0.0962. The van der Waals surface area contributed by atoms with Crippen LogP contribution in [0.5, 0.6) is 0 Å². The van der Waals surface area contributed by atoms with Crippen LogP contribution in [-0.4, -0.2) is 35.6 Å². The van der Waals surface area contributed by atoms with E-state index in [9.17, 15) is 14.0 Å². The molecule has 0 bridgehead atoms. The molecule has 0 saturated heterocycles. The van der Waals surface area contributed by atoms with E-state index < -0.39 is 17.9 Å². The summed E-state index contributed by atoms with van der Waals surface area (Å²) < 4.78 is 13.5. The number of hydrogen-bond donors (Lipinski definition) is 2. The van der Waals surface area contributed by atoms with Crippen molar-refractivity contribution in [2.75, 3.05) is 18.9 Å². The van der Waals surface area contributed by atoms with Gasteiger partial charge in [-0.2, -0.15) is 0 Å². The monoisotopic (exact) mass is 380 g/mol. The molecule has 0 heterocycles. The van der Waals surface area contributed by atoms with Crippen molar-refractivity contribution in [1.29, 1.82) is 0 Å². The van der Waals surface area contributed by atoms with E-state index in [1.54, 1.807) is 0 Å². The van der Waals surface area contributed by atoms with Crippen molar-refractivity contribution in [3.05, 3.63) is 27.6 Å². The van der Waals surface area contributed by atoms with E-state index in [2.05, 4.69) is 5.32 Å². The van der Waals surface area contributed by atoms with Gasteiger partial charge in [-0.25, -0.2) is 9.18 Å². The average Bonchev–Trinajstić information content (AvgIpc) is 2.32. The van der Waals surface area contributed by atoms with Crippen LogP contribution >= 0.6 is 22.6 Å². The van der Waals surface area contributed by atoms with Gasteiger partial charge in [0.15, 0.2) is 0 Å². The molecular weight excluding hydrogens is 366 g/mol. The normalized spacial score (nSPS) is 11.8. The van der Waals surface area contributed by atoms with Gasteiger partial charge in [-0.15, -0.1) is 0 Å². The maximum Gasteiger partial charge on any atom is 0.321 e. The standard InChI is InChI=1S/C12H14FIN2O3/c1-7(11(17)18)6-16(2)12(19)15-10-4-3-8(13)5-9(10)14/h3-5,7H,6H2,1-2H3,(H,15,19)(H,17,18). The zero-order chi connectivity index (χ0) is 14.6. The van der Waals surface area contributed by atoms with Crippen LogP contribution in [0.2, 0.25) is 0 Å². The lowest BCUT2D eigenvalue weighted by Crippen LogP contribution is -2.36. The van der Waals surface area contributed by atoms with Gasteiger partial charge in [-0.3, -0.25) is 4.79 Å². The third-order valence-electron chi connectivity index (χ3n) is 2.49. The largest absolute Gasteiger partial charge is 0.481 e. The zero-order valence-corrected chi connectivity index (χ0v) is 12.6. The molecule has 19 heavy (non-hydrogen) atoms. The smallest absolute Gasteiger partial charge is 0.321 e. The summed E-state index contributed by atoms with van der Waals surface area (Å²) in [5.41, 5.74) is 0.488. The van der Waals surface area contributed by atoms with Gasteiger partial charge in [0.25, 0.3) is 0 Å². The quantitative estimate of drug-likeness (QED) is 0.790. The molecule has 2 amide bonds. The fraction of sp³-hybridized carbons (Fsp3) is 0.333. The van der Waals surface area contributed by atoms with Crippen LogP contribution in [0.3, 0.4) is 0 Å². The molecule has 0 saturated carbocycles. The van der Waals surface area contributed by atoms with Gasteiger partial charge in [0.1, 0.15) is 5.82 Å². The van der Waals surface area contributed by atoms with Gasteiger partial charge in [0.05, 0.1) is 11.6 Å². The number of halogens is 2. The van der Waals surface area contributed by atoms with Crippen molar-refractivity contribution in [2.24, 2.45) is 5.92 Å². The number of amides is 2. The van der Waals surface area contributed by atoms with Crippen molar-refractivity contribution in [2.45, 2.75) is 6.92 Å². The number of nitrogens with one attached hydrogen (secondary N) is 1. The molecule has 1 aromatic rings. The van der Waals surface area contributed by atoms with Gasteiger partial charge in [0.2, 0.25) is 0 Å². The fourth-order valence-electron chi connectivity index (χ4n) is 1.37. The molecule has 0 fully saturated rings. The Hall–Kier alpha value is -1.38. The second-order valence-electron chi connectivity index (χ2n) is 4.17. The Bertz CT molecular complexity index is 496. The van der Waals surface area contributed by atoms with Crippen molar-refractivity contribution < 1.29 is 19.1 Å². The maximum atomic E-state index is 12.9. The Kier molecular flexibility index (Phi) is 5.52. The molecule has 0 spiro atoms. The lowest BCUT2D eigenvalue weighted by atomic mass is 10.2. The summed E-state index contributed by atoms with van der Waals surface area (Å²) in [7, 11) is 1.51. The summed E-state index contributed by atoms with van der Waals surface area (Å²) in [6, 6.07) is 3.58. The Labute approximate surface area is 123 Å². The van der Waals surface area contributed by atoms with E-state index in [1.165, 1.54) is 37.1 Å². The Balaban J connectivity index is 2.66. The summed E-state index contributed by atoms with van der Waals surface area (Å²) in [6.07, 6.45) is 0. The van der Waals surface area contributed by atoms with Crippen LogP contribution in [0.4, 0.5) is 14.9 Å². The first-order valence-electron chi connectivity index (χ1n) is 5.51. The van der Waals surface area contributed by atoms with Crippen molar-refractivity contribution in [3.8, 4) is 0 Å². The lowest BCUT2D eigenvalue weighted by molar-refractivity contribution is -0.141. The first-order chi connectivity index (χ1) is 8.81. The molecule has 1 unspecified atom stereocenters. The number of carboxylic acid groups (broad SMARTS) is 1.